The lowest BCUT2D eigenvalue weighted by Crippen LogP contribution is -2.41. The Hall–Kier alpha value is -0.930. The fraction of sp³-hybridized carbons (Fsp3) is 0.643. The van der Waals surface area contributed by atoms with E-state index < -0.39 is 0 Å². The monoisotopic (exact) mass is 231 g/mol. The Morgan fingerprint density at radius 1 is 1.35 bits per heavy atom. The summed E-state index contributed by atoms with van der Waals surface area (Å²) in [4.78, 5) is 4.45. The second-order valence-electron chi connectivity index (χ2n) is 5.50. The molecular weight excluding hydrogens is 210 g/mol. The Morgan fingerprint density at radius 2 is 2.24 bits per heavy atom. The van der Waals surface area contributed by atoms with Crippen molar-refractivity contribution < 1.29 is 0 Å². The standard InChI is InChI=1S/C14H21N3/c1-9-5-10(2)16-8-12(9)14-6-11-7-15-4-3-13(11)17-14/h5,8,11,13-15,17H,3-4,6-7H2,1-2H3. The van der Waals surface area contributed by atoms with E-state index in [1.165, 1.54) is 30.5 Å². The molecule has 3 unspecified atom stereocenters. The summed E-state index contributed by atoms with van der Waals surface area (Å²) >= 11 is 0. The van der Waals surface area contributed by atoms with E-state index in [4.69, 9.17) is 0 Å². The normalized spacial score (nSPS) is 32.5. The van der Waals surface area contributed by atoms with E-state index in [1.54, 1.807) is 0 Å². The summed E-state index contributed by atoms with van der Waals surface area (Å²) in [6, 6.07) is 3.41. The molecule has 3 atom stereocenters. The molecule has 1 aromatic heterocycles. The summed E-state index contributed by atoms with van der Waals surface area (Å²) in [6.07, 6.45) is 4.58. The maximum Gasteiger partial charge on any atom is 0.0375 e. The van der Waals surface area contributed by atoms with Crippen molar-refractivity contribution in [3.8, 4) is 0 Å². The van der Waals surface area contributed by atoms with Gasteiger partial charge in [0.15, 0.2) is 0 Å². The number of nitrogens with one attached hydrogen (secondary N) is 2. The maximum absolute atomic E-state index is 4.45. The van der Waals surface area contributed by atoms with Crippen molar-refractivity contribution >= 4 is 0 Å². The highest BCUT2D eigenvalue weighted by atomic mass is 15.0. The zero-order valence-electron chi connectivity index (χ0n) is 10.7. The van der Waals surface area contributed by atoms with Crippen molar-refractivity contribution in [1.82, 2.24) is 15.6 Å². The summed E-state index contributed by atoms with van der Waals surface area (Å²) in [7, 11) is 0. The number of piperidine rings is 1. The molecule has 2 saturated heterocycles. The Bertz CT molecular complexity index is 402. The van der Waals surface area contributed by atoms with Crippen LogP contribution >= 0.6 is 0 Å². The molecule has 0 radical (unpaired) electrons. The van der Waals surface area contributed by atoms with E-state index >= 15 is 0 Å². The highest BCUT2D eigenvalue weighted by Crippen LogP contribution is 2.34. The van der Waals surface area contributed by atoms with Crippen molar-refractivity contribution in [2.24, 2.45) is 5.92 Å². The van der Waals surface area contributed by atoms with Gasteiger partial charge < -0.3 is 10.6 Å². The van der Waals surface area contributed by atoms with Gasteiger partial charge in [-0.2, -0.15) is 0 Å². The van der Waals surface area contributed by atoms with Crippen LogP contribution in [0.1, 0.15) is 35.7 Å². The first-order valence-electron chi connectivity index (χ1n) is 6.64. The summed E-state index contributed by atoms with van der Waals surface area (Å²) in [5.41, 5.74) is 3.88. The highest BCUT2D eigenvalue weighted by molar-refractivity contribution is 5.29. The Morgan fingerprint density at radius 3 is 3.00 bits per heavy atom. The van der Waals surface area contributed by atoms with Crippen LogP contribution in [0.2, 0.25) is 0 Å². The van der Waals surface area contributed by atoms with Gasteiger partial charge in [-0.15, -0.1) is 0 Å². The first kappa shape index (κ1) is 11.2. The number of pyridine rings is 1. The first-order valence-corrected chi connectivity index (χ1v) is 6.64. The molecule has 3 heterocycles. The summed E-state index contributed by atoms with van der Waals surface area (Å²) in [6.45, 7) is 6.59. The third kappa shape index (κ3) is 2.09. The molecule has 2 aliphatic heterocycles. The van der Waals surface area contributed by atoms with E-state index in [2.05, 4.69) is 41.7 Å². The molecular formula is C14H21N3. The van der Waals surface area contributed by atoms with Crippen molar-refractivity contribution in [3.05, 3.63) is 29.1 Å². The fourth-order valence-corrected chi connectivity index (χ4v) is 3.31. The van der Waals surface area contributed by atoms with Gasteiger partial charge in [-0.05, 0) is 62.9 Å². The summed E-state index contributed by atoms with van der Waals surface area (Å²) in [5, 5.41) is 7.29. The number of hydrogen-bond donors (Lipinski definition) is 2. The molecule has 17 heavy (non-hydrogen) atoms. The average Bonchev–Trinajstić information content (AvgIpc) is 2.72. The quantitative estimate of drug-likeness (QED) is 0.772. The molecule has 1 aromatic rings. The predicted octanol–water partition coefficient (Wildman–Crippen LogP) is 1.71. The topological polar surface area (TPSA) is 37.0 Å². The van der Waals surface area contributed by atoms with Crippen LogP contribution in [0.25, 0.3) is 0 Å². The fourth-order valence-electron chi connectivity index (χ4n) is 3.31. The van der Waals surface area contributed by atoms with Gasteiger partial charge in [0, 0.05) is 24.0 Å². The Kier molecular flexibility index (Phi) is 2.89. The van der Waals surface area contributed by atoms with Gasteiger partial charge in [-0.3, -0.25) is 4.98 Å². The van der Waals surface area contributed by atoms with Crippen molar-refractivity contribution in [3.63, 3.8) is 0 Å². The first-order chi connectivity index (χ1) is 8.24. The van der Waals surface area contributed by atoms with Gasteiger partial charge in [-0.1, -0.05) is 0 Å². The molecule has 3 heteroatoms. The Labute approximate surface area is 103 Å². The third-order valence-electron chi connectivity index (χ3n) is 4.22. The number of nitrogens with zero attached hydrogens (tertiary/aromatic N) is 1. The average molecular weight is 231 g/mol. The molecule has 2 aliphatic rings. The minimum Gasteiger partial charge on any atom is -0.316 e. The number of aryl methyl sites for hydroxylation is 2. The van der Waals surface area contributed by atoms with Crippen LogP contribution in [-0.4, -0.2) is 24.1 Å². The van der Waals surface area contributed by atoms with Gasteiger partial charge in [0.05, 0.1) is 0 Å². The van der Waals surface area contributed by atoms with Gasteiger partial charge >= 0.3 is 0 Å². The predicted molar refractivity (Wildman–Crippen MR) is 69.0 cm³/mol. The van der Waals surface area contributed by atoms with Crippen LogP contribution in [0.4, 0.5) is 0 Å². The van der Waals surface area contributed by atoms with Crippen LogP contribution in [-0.2, 0) is 0 Å². The number of fused-ring (bicyclic) bond motifs is 1. The van der Waals surface area contributed by atoms with Crippen LogP contribution in [0, 0.1) is 19.8 Å². The number of rotatable bonds is 1. The SMILES string of the molecule is Cc1cc(C)c(C2CC3CNCCC3N2)cn1. The van der Waals surface area contributed by atoms with E-state index in [1.807, 2.05) is 0 Å². The minimum atomic E-state index is 0.512. The molecule has 0 amide bonds. The molecule has 2 N–H and O–H groups in total. The van der Waals surface area contributed by atoms with Crippen LogP contribution in [0.5, 0.6) is 0 Å². The molecule has 3 rings (SSSR count). The zero-order chi connectivity index (χ0) is 11.8. The Balaban J connectivity index is 1.81. The van der Waals surface area contributed by atoms with Crippen LogP contribution in [0.15, 0.2) is 12.3 Å². The van der Waals surface area contributed by atoms with E-state index in [-0.39, 0.29) is 0 Å². The van der Waals surface area contributed by atoms with Gasteiger partial charge in [0.25, 0.3) is 0 Å². The molecule has 92 valence electrons. The lowest BCUT2D eigenvalue weighted by Gasteiger charge is -2.25. The molecule has 0 spiro atoms. The van der Waals surface area contributed by atoms with Crippen molar-refractivity contribution in [1.29, 1.82) is 0 Å². The molecule has 0 saturated carbocycles. The van der Waals surface area contributed by atoms with Crippen molar-refractivity contribution in [2.75, 3.05) is 13.1 Å². The van der Waals surface area contributed by atoms with E-state index in [0.717, 1.165) is 18.2 Å². The lowest BCUT2D eigenvalue weighted by atomic mass is 9.92. The number of aromatic nitrogens is 1. The third-order valence-corrected chi connectivity index (χ3v) is 4.22. The largest absolute Gasteiger partial charge is 0.316 e. The summed E-state index contributed by atoms with van der Waals surface area (Å²) in [5.74, 6) is 0.800. The number of hydrogen-bond acceptors (Lipinski definition) is 3. The highest BCUT2D eigenvalue weighted by Gasteiger charge is 2.36. The second-order valence-corrected chi connectivity index (χ2v) is 5.50. The van der Waals surface area contributed by atoms with Gasteiger partial charge in [0.2, 0.25) is 0 Å². The smallest absolute Gasteiger partial charge is 0.0375 e. The van der Waals surface area contributed by atoms with E-state index in [9.17, 15) is 0 Å². The lowest BCUT2D eigenvalue weighted by molar-refractivity contribution is 0.344. The molecule has 3 nitrogen and oxygen atoms in total. The molecule has 0 aliphatic carbocycles. The summed E-state index contributed by atoms with van der Waals surface area (Å²) < 4.78 is 0. The van der Waals surface area contributed by atoms with E-state index in [0.29, 0.717) is 12.1 Å². The van der Waals surface area contributed by atoms with Crippen molar-refractivity contribution in [2.45, 2.75) is 38.8 Å². The zero-order valence-corrected chi connectivity index (χ0v) is 10.7. The minimum absolute atomic E-state index is 0.512. The molecule has 0 bridgehead atoms. The van der Waals surface area contributed by atoms with Gasteiger partial charge in [0.1, 0.15) is 0 Å². The molecule has 0 aromatic carbocycles. The van der Waals surface area contributed by atoms with Crippen LogP contribution < -0.4 is 10.6 Å². The van der Waals surface area contributed by atoms with Gasteiger partial charge in [-0.25, -0.2) is 0 Å². The molecule has 2 fully saturated rings. The second kappa shape index (κ2) is 4.39. The maximum atomic E-state index is 4.45. The van der Waals surface area contributed by atoms with Crippen LogP contribution in [0.3, 0.4) is 0 Å².